The van der Waals surface area contributed by atoms with E-state index in [1.165, 1.54) is 22.4 Å². The second kappa shape index (κ2) is 8.22. The summed E-state index contributed by atoms with van der Waals surface area (Å²) in [7, 11) is -3.67. The minimum absolute atomic E-state index is 0.0464. The minimum atomic E-state index is -3.67. The lowest BCUT2D eigenvalue weighted by Crippen LogP contribution is -2.45. The summed E-state index contributed by atoms with van der Waals surface area (Å²) in [6.45, 7) is 5.66. The summed E-state index contributed by atoms with van der Waals surface area (Å²) in [4.78, 5) is 16.6. The van der Waals surface area contributed by atoms with Gasteiger partial charge in [-0.3, -0.25) is 4.79 Å². The molecular formula is C19H26N4O3S. The van der Waals surface area contributed by atoms with Crippen molar-refractivity contribution >= 4 is 15.9 Å². The SMILES string of the molecule is CCn1cnc(S(=O)(=O)N2CCC[C@H](C(=O)NCc3ccc(C)cc3)C2)c1. The molecule has 1 atom stereocenters. The van der Waals surface area contributed by atoms with Crippen molar-refractivity contribution in [2.24, 2.45) is 5.92 Å². The maximum Gasteiger partial charge on any atom is 0.262 e. The van der Waals surface area contributed by atoms with Crippen LogP contribution in [-0.2, 0) is 27.9 Å². The van der Waals surface area contributed by atoms with Gasteiger partial charge < -0.3 is 9.88 Å². The van der Waals surface area contributed by atoms with Gasteiger partial charge in [-0.2, -0.15) is 4.31 Å². The van der Waals surface area contributed by atoms with E-state index in [0.717, 1.165) is 5.56 Å². The number of sulfonamides is 1. The quantitative estimate of drug-likeness (QED) is 0.817. The smallest absolute Gasteiger partial charge is 0.262 e. The first-order valence-electron chi connectivity index (χ1n) is 9.25. The number of hydrogen-bond donors (Lipinski definition) is 1. The fourth-order valence-corrected chi connectivity index (χ4v) is 4.65. The summed E-state index contributed by atoms with van der Waals surface area (Å²) in [5.41, 5.74) is 2.20. The number of nitrogens with one attached hydrogen (secondary N) is 1. The van der Waals surface area contributed by atoms with Crippen molar-refractivity contribution in [3.05, 3.63) is 47.9 Å². The van der Waals surface area contributed by atoms with Crippen LogP contribution in [0.1, 0.15) is 30.9 Å². The van der Waals surface area contributed by atoms with Crippen molar-refractivity contribution in [3.63, 3.8) is 0 Å². The first kappa shape index (κ1) is 19.6. The lowest BCUT2D eigenvalue weighted by atomic mass is 9.98. The average molecular weight is 391 g/mol. The third kappa shape index (κ3) is 4.56. The van der Waals surface area contributed by atoms with Gasteiger partial charge in [0, 0.05) is 32.4 Å². The van der Waals surface area contributed by atoms with Crippen molar-refractivity contribution in [2.45, 2.75) is 44.8 Å². The van der Waals surface area contributed by atoms with E-state index < -0.39 is 10.0 Å². The highest BCUT2D eigenvalue weighted by Gasteiger charge is 2.34. The van der Waals surface area contributed by atoms with Crippen LogP contribution < -0.4 is 5.32 Å². The lowest BCUT2D eigenvalue weighted by Gasteiger charge is -2.30. The van der Waals surface area contributed by atoms with Gasteiger partial charge in [0.1, 0.15) is 0 Å². The largest absolute Gasteiger partial charge is 0.352 e. The van der Waals surface area contributed by atoms with Crippen molar-refractivity contribution < 1.29 is 13.2 Å². The number of imidazole rings is 1. The highest BCUT2D eigenvalue weighted by Crippen LogP contribution is 2.23. The molecule has 2 aromatic rings. The Labute approximate surface area is 160 Å². The van der Waals surface area contributed by atoms with E-state index in [4.69, 9.17) is 0 Å². The van der Waals surface area contributed by atoms with E-state index in [0.29, 0.717) is 32.5 Å². The van der Waals surface area contributed by atoms with Gasteiger partial charge in [-0.15, -0.1) is 0 Å². The van der Waals surface area contributed by atoms with Gasteiger partial charge >= 0.3 is 0 Å². The molecular weight excluding hydrogens is 364 g/mol. The van der Waals surface area contributed by atoms with Crippen LogP contribution in [0.5, 0.6) is 0 Å². The summed E-state index contributed by atoms with van der Waals surface area (Å²) >= 11 is 0. The molecule has 0 radical (unpaired) electrons. The van der Waals surface area contributed by atoms with Gasteiger partial charge in [-0.1, -0.05) is 29.8 Å². The molecule has 0 bridgehead atoms. The molecule has 27 heavy (non-hydrogen) atoms. The molecule has 1 aliphatic heterocycles. The summed E-state index contributed by atoms with van der Waals surface area (Å²) in [6.07, 6.45) is 4.41. The Morgan fingerprint density at radius 1 is 1.30 bits per heavy atom. The molecule has 1 saturated heterocycles. The molecule has 1 N–H and O–H groups in total. The molecule has 3 rings (SSSR count). The number of nitrogens with zero attached hydrogens (tertiary/aromatic N) is 3. The van der Waals surface area contributed by atoms with Crippen molar-refractivity contribution in [3.8, 4) is 0 Å². The van der Waals surface area contributed by atoms with Crippen LogP contribution in [0.3, 0.4) is 0 Å². The van der Waals surface area contributed by atoms with Crippen LogP contribution in [0.25, 0.3) is 0 Å². The molecule has 1 amide bonds. The topological polar surface area (TPSA) is 84.3 Å². The fraction of sp³-hybridized carbons (Fsp3) is 0.474. The van der Waals surface area contributed by atoms with Crippen LogP contribution in [0, 0.1) is 12.8 Å². The Morgan fingerprint density at radius 3 is 2.70 bits per heavy atom. The number of piperidine rings is 1. The third-order valence-electron chi connectivity index (χ3n) is 4.92. The molecule has 2 heterocycles. The van der Waals surface area contributed by atoms with Crippen LogP contribution in [0.2, 0.25) is 0 Å². The summed E-state index contributed by atoms with van der Waals surface area (Å²) in [6, 6.07) is 7.98. The molecule has 1 fully saturated rings. The zero-order chi connectivity index (χ0) is 19.4. The number of amides is 1. The minimum Gasteiger partial charge on any atom is -0.352 e. The Balaban J connectivity index is 1.62. The predicted octanol–water partition coefficient (Wildman–Crippen LogP) is 1.93. The van der Waals surface area contributed by atoms with Gasteiger partial charge in [-0.05, 0) is 32.3 Å². The van der Waals surface area contributed by atoms with Crippen molar-refractivity contribution in [1.29, 1.82) is 0 Å². The number of benzene rings is 1. The van der Waals surface area contributed by atoms with Crippen LogP contribution in [-0.4, -0.2) is 41.3 Å². The molecule has 0 aliphatic carbocycles. The van der Waals surface area contributed by atoms with Gasteiger partial charge in [-0.25, -0.2) is 13.4 Å². The second-order valence-electron chi connectivity index (χ2n) is 6.95. The highest BCUT2D eigenvalue weighted by molar-refractivity contribution is 7.89. The Kier molecular flexibility index (Phi) is 5.96. The van der Waals surface area contributed by atoms with Gasteiger partial charge in [0.2, 0.25) is 5.91 Å². The van der Waals surface area contributed by atoms with Crippen LogP contribution in [0.15, 0.2) is 41.8 Å². The Morgan fingerprint density at radius 2 is 2.04 bits per heavy atom. The van der Waals surface area contributed by atoms with Crippen LogP contribution >= 0.6 is 0 Å². The van der Waals surface area contributed by atoms with E-state index >= 15 is 0 Å². The van der Waals surface area contributed by atoms with E-state index in [2.05, 4.69) is 10.3 Å². The molecule has 0 spiro atoms. The number of rotatable bonds is 6. The monoisotopic (exact) mass is 390 g/mol. The fourth-order valence-electron chi connectivity index (χ4n) is 3.19. The maximum absolute atomic E-state index is 12.8. The molecule has 0 saturated carbocycles. The Hall–Kier alpha value is -2.19. The molecule has 1 aliphatic rings. The number of carbonyl (C=O) groups excluding carboxylic acids is 1. The highest BCUT2D eigenvalue weighted by atomic mass is 32.2. The molecule has 146 valence electrons. The zero-order valence-electron chi connectivity index (χ0n) is 15.8. The third-order valence-corrected chi connectivity index (χ3v) is 6.67. The number of carbonyl (C=O) groups is 1. The predicted molar refractivity (Wildman–Crippen MR) is 102 cm³/mol. The number of hydrogen-bond acceptors (Lipinski definition) is 4. The van der Waals surface area contributed by atoms with E-state index in [9.17, 15) is 13.2 Å². The van der Waals surface area contributed by atoms with E-state index in [1.807, 2.05) is 38.1 Å². The lowest BCUT2D eigenvalue weighted by molar-refractivity contribution is -0.126. The molecule has 7 nitrogen and oxygen atoms in total. The standard InChI is InChI=1S/C19H26N4O3S/c1-3-22-13-18(21-14-22)27(25,26)23-10-4-5-17(12-23)19(24)20-11-16-8-6-15(2)7-9-16/h6-9,13-14,17H,3-5,10-12H2,1-2H3,(H,20,24)/t17-/m0/s1. The van der Waals surface area contributed by atoms with E-state index in [1.54, 1.807) is 4.57 Å². The van der Waals surface area contributed by atoms with Gasteiger partial charge in [0.15, 0.2) is 5.03 Å². The summed E-state index contributed by atoms with van der Waals surface area (Å²) < 4.78 is 28.7. The molecule has 0 unspecified atom stereocenters. The van der Waals surface area contributed by atoms with Crippen molar-refractivity contribution in [2.75, 3.05) is 13.1 Å². The van der Waals surface area contributed by atoms with Crippen LogP contribution in [0.4, 0.5) is 0 Å². The Bertz CT molecular complexity index is 890. The second-order valence-corrected chi connectivity index (χ2v) is 8.83. The average Bonchev–Trinajstić information content (AvgIpc) is 3.17. The van der Waals surface area contributed by atoms with Gasteiger partial charge in [0.05, 0.1) is 12.2 Å². The normalized spacial score (nSPS) is 18.4. The van der Waals surface area contributed by atoms with Gasteiger partial charge in [0.25, 0.3) is 10.0 Å². The summed E-state index contributed by atoms with van der Waals surface area (Å²) in [5.74, 6) is -0.443. The number of aryl methyl sites for hydroxylation is 2. The molecule has 1 aromatic heterocycles. The summed E-state index contributed by atoms with van der Waals surface area (Å²) in [5, 5.41) is 2.98. The van der Waals surface area contributed by atoms with Crippen molar-refractivity contribution in [1.82, 2.24) is 19.2 Å². The molecule has 8 heteroatoms. The first-order valence-corrected chi connectivity index (χ1v) is 10.7. The molecule has 1 aromatic carbocycles. The maximum atomic E-state index is 12.8. The zero-order valence-corrected chi connectivity index (χ0v) is 16.6. The number of aromatic nitrogens is 2. The van der Waals surface area contributed by atoms with E-state index in [-0.39, 0.29) is 23.4 Å². The first-order chi connectivity index (χ1) is 12.9.